The third-order valence-electron chi connectivity index (χ3n) is 1.63. The van der Waals surface area contributed by atoms with Gasteiger partial charge >= 0.3 is 5.97 Å². The molecule has 0 fully saturated rings. The Bertz CT molecular complexity index is 549. The minimum atomic E-state index is -1.06. The molecule has 19 heavy (non-hydrogen) atoms. The standard InChI is InChI=1S/C9H4Cl5N3O2/c10-4-1-3(2-5(11)16-4)8(15)17-19-9(18)6(12)7(13)14/h1-2H,(H2,15,17). The van der Waals surface area contributed by atoms with Crippen molar-refractivity contribution in [2.45, 2.75) is 0 Å². The fourth-order valence-electron chi connectivity index (χ4n) is 0.873. The number of hydrogen-bond acceptors (Lipinski definition) is 4. The van der Waals surface area contributed by atoms with E-state index in [1.807, 2.05) is 0 Å². The first-order valence-electron chi connectivity index (χ1n) is 4.40. The Balaban J connectivity index is 2.89. The van der Waals surface area contributed by atoms with E-state index in [4.69, 9.17) is 63.7 Å². The molecule has 0 saturated carbocycles. The second-order valence-corrected chi connectivity index (χ2v) is 5.03. The second-order valence-electron chi connectivity index (χ2n) is 2.93. The first-order valence-corrected chi connectivity index (χ1v) is 6.29. The summed E-state index contributed by atoms with van der Waals surface area (Å²) in [6.07, 6.45) is 0. The Hall–Kier alpha value is -0.720. The highest BCUT2D eigenvalue weighted by Crippen LogP contribution is 2.19. The fourth-order valence-corrected chi connectivity index (χ4v) is 1.52. The fraction of sp³-hybridized carbons (Fsp3) is 0. The van der Waals surface area contributed by atoms with Crippen LogP contribution in [0.3, 0.4) is 0 Å². The zero-order valence-electron chi connectivity index (χ0n) is 8.83. The minimum Gasteiger partial charge on any atom is -0.380 e. The lowest BCUT2D eigenvalue weighted by atomic mass is 10.2. The first kappa shape index (κ1) is 16.3. The van der Waals surface area contributed by atoms with Crippen LogP contribution in [0.2, 0.25) is 10.3 Å². The number of carbonyl (C=O) groups excluding carboxylic acids is 1. The van der Waals surface area contributed by atoms with Crippen molar-refractivity contribution in [3.8, 4) is 0 Å². The molecular formula is C9H4Cl5N3O2. The van der Waals surface area contributed by atoms with Gasteiger partial charge in [-0.15, -0.1) is 0 Å². The van der Waals surface area contributed by atoms with Crippen LogP contribution in [0.4, 0.5) is 0 Å². The average molecular weight is 363 g/mol. The van der Waals surface area contributed by atoms with E-state index >= 15 is 0 Å². The van der Waals surface area contributed by atoms with Crippen molar-refractivity contribution >= 4 is 69.8 Å². The third-order valence-corrected chi connectivity index (χ3v) is 2.93. The van der Waals surface area contributed by atoms with Crippen LogP contribution in [-0.4, -0.2) is 16.8 Å². The molecule has 2 N–H and O–H groups in total. The van der Waals surface area contributed by atoms with Gasteiger partial charge in [0.1, 0.15) is 14.8 Å². The number of amidine groups is 1. The molecule has 102 valence electrons. The Morgan fingerprint density at radius 2 is 1.74 bits per heavy atom. The lowest BCUT2D eigenvalue weighted by Crippen LogP contribution is -2.15. The van der Waals surface area contributed by atoms with Gasteiger partial charge in [0.05, 0.1) is 0 Å². The van der Waals surface area contributed by atoms with Gasteiger partial charge < -0.3 is 10.6 Å². The van der Waals surface area contributed by atoms with Crippen LogP contribution in [0.5, 0.6) is 0 Å². The van der Waals surface area contributed by atoms with Crippen LogP contribution < -0.4 is 5.73 Å². The van der Waals surface area contributed by atoms with Gasteiger partial charge in [0, 0.05) is 5.56 Å². The molecule has 0 aromatic carbocycles. The largest absolute Gasteiger partial charge is 0.380 e. The number of oxime groups is 1. The predicted molar refractivity (Wildman–Crippen MR) is 75.7 cm³/mol. The van der Waals surface area contributed by atoms with Gasteiger partial charge in [0.2, 0.25) is 0 Å². The molecule has 1 aromatic heterocycles. The van der Waals surface area contributed by atoms with Crippen LogP contribution in [0.15, 0.2) is 26.8 Å². The number of nitrogens with two attached hydrogens (primary N) is 1. The normalized spacial score (nSPS) is 11.1. The average Bonchev–Trinajstić information content (AvgIpc) is 2.33. The lowest BCUT2D eigenvalue weighted by molar-refractivity contribution is -0.138. The third kappa shape index (κ3) is 5.04. The number of carbonyl (C=O) groups is 1. The summed E-state index contributed by atoms with van der Waals surface area (Å²) in [6.45, 7) is 0. The van der Waals surface area contributed by atoms with Gasteiger partial charge in [-0.2, -0.15) is 0 Å². The summed E-state index contributed by atoms with van der Waals surface area (Å²) >= 11 is 27.3. The maximum atomic E-state index is 11.2. The monoisotopic (exact) mass is 361 g/mol. The van der Waals surface area contributed by atoms with Gasteiger partial charge in [-0.25, -0.2) is 9.78 Å². The zero-order valence-corrected chi connectivity index (χ0v) is 12.6. The Morgan fingerprint density at radius 1 is 1.21 bits per heavy atom. The van der Waals surface area contributed by atoms with Crippen LogP contribution in [0, 0.1) is 0 Å². The van der Waals surface area contributed by atoms with Crippen molar-refractivity contribution in [3.05, 3.63) is 37.5 Å². The maximum Gasteiger partial charge on any atom is 0.379 e. The Kier molecular flexibility index (Phi) is 6.16. The second kappa shape index (κ2) is 7.17. The summed E-state index contributed by atoms with van der Waals surface area (Å²) in [6, 6.07) is 2.76. The molecule has 0 unspecified atom stereocenters. The minimum absolute atomic E-state index is 0.105. The van der Waals surface area contributed by atoms with Crippen LogP contribution in [0.1, 0.15) is 5.56 Å². The van der Waals surface area contributed by atoms with Crippen molar-refractivity contribution in [1.82, 2.24) is 4.98 Å². The summed E-state index contributed by atoms with van der Waals surface area (Å²) in [5.74, 6) is -1.22. The van der Waals surface area contributed by atoms with E-state index in [1.165, 1.54) is 12.1 Å². The number of rotatable bonds is 3. The smallest absolute Gasteiger partial charge is 0.379 e. The van der Waals surface area contributed by atoms with Gasteiger partial charge in [0.25, 0.3) is 0 Å². The van der Waals surface area contributed by atoms with Crippen molar-refractivity contribution in [2.24, 2.45) is 10.9 Å². The number of nitrogens with zero attached hydrogens (tertiary/aromatic N) is 2. The number of hydrogen-bond donors (Lipinski definition) is 1. The molecule has 0 spiro atoms. The van der Waals surface area contributed by atoms with Crippen LogP contribution >= 0.6 is 58.0 Å². The van der Waals surface area contributed by atoms with Crippen molar-refractivity contribution < 1.29 is 9.63 Å². The summed E-state index contributed by atoms with van der Waals surface area (Å²) < 4.78 is -0.449. The number of halogens is 5. The molecule has 0 radical (unpaired) electrons. The summed E-state index contributed by atoms with van der Waals surface area (Å²) in [5.41, 5.74) is 5.87. The molecule has 1 aromatic rings. The molecule has 0 saturated heterocycles. The topological polar surface area (TPSA) is 77.6 Å². The molecular weight excluding hydrogens is 359 g/mol. The number of aromatic nitrogens is 1. The summed E-state index contributed by atoms with van der Waals surface area (Å²) in [5, 5.41) is 3.03. The van der Waals surface area contributed by atoms with E-state index < -0.39 is 15.5 Å². The van der Waals surface area contributed by atoms with Gasteiger partial charge in [0.15, 0.2) is 10.9 Å². The van der Waals surface area contributed by atoms with Crippen LogP contribution in [-0.2, 0) is 9.63 Å². The summed E-state index contributed by atoms with van der Waals surface area (Å²) in [4.78, 5) is 19.4. The van der Waals surface area contributed by atoms with E-state index in [9.17, 15) is 4.79 Å². The molecule has 10 heteroatoms. The molecule has 0 atom stereocenters. The molecule has 1 heterocycles. The molecule has 0 amide bonds. The molecule has 5 nitrogen and oxygen atoms in total. The highest BCUT2D eigenvalue weighted by atomic mass is 35.5. The molecule has 0 aliphatic rings. The number of pyridine rings is 1. The van der Waals surface area contributed by atoms with Crippen molar-refractivity contribution in [3.63, 3.8) is 0 Å². The SMILES string of the molecule is N/C(=N\OC(=O)C(Cl)=C(Cl)Cl)c1cc(Cl)nc(Cl)c1. The lowest BCUT2D eigenvalue weighted by Gasteiger charge is -2.02. The molecule has 1 rings (SSSR count). The van der Waals surface area contributed by atoms with E-state index in [2.05, 4.69) is 15.0 Å². The van der Waals surface area contributed by atoms with E-state index in [0.29, 0.717) is 5.56 Å². The zero-order chi connectivity index (χ0) is 14.6. The van der Waals surface area contributed by atoms with Gasteiger partial charge in [-0.3, -0.25) is 0 Å². The summed E-state index contributed by atoms with van der Waals surface area (Å²) in [7, 11) is 0. The van der Waals surface area contributed by atoms with Crippen molar-refractivity contribution in [1.29, 1.82) is 0 Å². The first-order chi connectivity index (χ1) is 8.81. The van der Waals surface area contributed by atoms with Crippen LogP contribution in [0.25, 0.3) is 0 Å². The van der Waals surface area contributed by atoms with Crippen molar-refractivity contribution in [2.75, 3.05) is 0 Å². The molecule has 0 aliphatic carbocycles. The van der Waals surface area contributed by atoms with E-state index in [0.717, 1.165) is 0 Å². The predicted octanol–water partition coefficient (Wildman–Crippen LogP) is 3.44. The Labute approximate surface area is 132 Å². The van der Waals surface area contributed by atoms with Gasteiger partial charge in [-0.05, 0) is 12.1 Å². The highest BCUT2D eigenvalue weighted by molar-refractivity contribution is 6.62. The van der Waals surface area contributed by atoms with E-state index in [-0.39, 0.29) is 16.1 Å². The highest BCUT2D eigenvalue weighted by Gasteiger charge is 2.13. The maximum absolute atomic E-state index is 11.2. The van der Waals surface area contributed by atoms with Gasteiger partial charge in [-0.1, -0.05) is 63.2 Å². The van der Waals surface area contributed by atoms with E-state index in [1.54, 1.807) is 0 Å². The molecule has 0 aliphatic heterocycles. The molecule has 0 bridgehead atoms. The quantitative estimate of drug-likeness (QED) is 0.223. The Morgan fingerprint density at radius 3 is 2.21 bits per heavy atom.